The van der Waals surface area contributed by atoms with Crippen LogP contribution >= 0.6 is 11.3 Å². The van der Waals surface area contributed by atoms with Crippen LogP contribution in [-0.4, -0.2) is 69.2 Å². The maximum absolute atomic E-state index is 13.6. The molecule has 2 amide bonds. The second-order valence-electron chi connectivity index (χ2n) is 8.89. The molecule has 7 nitrogen and oxygen atoms in total. The highest BCUT2D eigenvalue weighted by Crippen LogP contribution is 2.28. The van der Waals surface area contributed by atoms with Gasteiger partial charge in [-0.25, -0.2) is 4.39 Å². The van der Waals surface area contributed by atoms with Gasteiger partial charge >= 0.3 is 0 Å². The van der Waals surface area contributed by atoms with Crippen molar-refractivity contribution >= 4 is 23.2 Å². The molecule has 0 saturated carbocycles. The number of carbonyl (C=O) groups excluding carboxylic acids is 2. The van der Waals surface area contributed by atoms with Crippen molar-refractivity contribution in [3.8, 4) is 11.5 Å². The summed E-state index contributed by atoms with van der Waals surface area (Å²) in [5, 5.41) is 2.01. The van der Waals surface area contributed by atoms with E-state index in [1.165, 1.54) is 17.0 Å². The summed E-state index contributed by atoms with van der Waals surface area (Å²) >= 11 is 1.61. The molecule has 204 valence electrons. The molecule has 0 saturated heterocycles. The maximum atomic E-state index is 13.6. The van der Waals surface area contributed by atoms with Crippen molar-refractivity contribution in [3.05, 3.63) is 81.3 Å². The number of methoxy groups -OCH3 is 3. The summed E-state index contributed by atoms with van der Waals surface area (Å²) in [4.78, 5) is 31.1. The van der Waals surface area contributed by atoms with E-state index in [1.54, 1.807) is 49.7 Å². The van der Waals surface area contributed by atoms with Crippen LogP contribution in [0.25, 0.3) is 0 Å². The Morgan fingerprint density at radius 3 is 2.21 bits per heavy atom. The van der Waals surface area contributed by atoms with Gasteiger partial charge in [0, 0.05) is 25.1 Å². The summed E-state index contributed by atoms with van der Waals surface area (Å²) < 4.78 is 29.2. The molecule has 0 aliphatic carbocycles. The van der Waals surface area contributed by atoms with E-state index in [2.05, 4.69) is 0 Å². The topological polar surface area (TPSA) is 68.3 Å². The summed E-state index contributed by atoms with van der Waals surface area (Å²) in [6, 6.07) is 13.6. The molecule has 0 spiro atoms. The molecule has 38 heavy (non-hydrogen) atoms. The van der Waals surface area contributed by atoms with Gasteiger partial charge in [-0.2, -0.15) is 0 Å². The molecule has 1 aromatic heterocycles. The van der Waals surface area contributed by atoms with Crippen LogP contribution in [0.5, 0.6) is 11.5 Å². The number of ether oxygens (including phenoxy) is 3. The van der Waals surface area contributed by atoms with E-state index in [0.717, 1.165) is 16.0 Å². The molecule has 0 atom stereocenters. The van der Waals surface area contributed by atoms with Gasteiger partial charge in [0.1, 0.15) is 5.82 Å². The number of carbonyl (C=O) groups is 2. The van der Waals surface area contributed by atoms with Gasteiger partial charge in [-0.05, 0) is 65.7 Å². The van der Waals surface area contributed by atoms with Crippen LogP contribution < -0.4 is 9.47 Å². The lowest BCUT2D eigenvalue weighted by Gasteiger charge is -2.28. The zero-order valence-corrected chi connectivity index (χ0v) is 23.2. The molecule has 0 radical (unpaired) electrons. The first-order chi connectivity index (χ1) is 18.3. The summed E-state index contributed by atoms with van der Waals surface area (Å²) in [7, 11) is 4.74. The van der Waals surface area contributed by atoms with Crippen molar-refractivity contribution in [1.29, 1.82) is 0 Å². The molecule has 0 N–H and O–H groups in total. The highest BCUT2D eigenvalue weighted by atomic mass is 32.1. The Bertz CT molecular complexity index is 1200. The van der Waals surface area contributed by atoms with Gasteiger partial charge < -0.3 is 24.0 Å². The summed E-state index contributed by atoms with van der Waals surface area (Å²) in [6.45, 7) is 3.47. The van der Waals surface area contributed by atoms with E-state index in [1.807, 2.05) is 36.6 Å². The average molecular weight is 543 g/mol. The van der Waals surface area contributed by atoms with Gasteiger partial charge in [-0.15, -0.1) is 11.3 Å². The smallest absolute Gasteiger partial charge is 0.242 e. The third-order valence-corrected chi connectivity index (χ3v) is 7.29. The number of amides is 2. The van der Waals surface area contributed by atoms with E-state index in [9.17, 15) is 14.0 Å². The van der Waals surface area contributed by atoms with E-state index in [-0.39, 0.29) is 37.1 Å². The highest BCUT2D eigenvalue weighted by molar-refractivity contribution is 7.10. The minimum absolute atomic E-state index is 0.0697. The third-order valence-electron chi connectivity index (χ3n) is 6.29. The predicted molar refractivity (Wildman–Crippen MR) is 146 cm³/mol. The SMILES string of the molecule is COCCN(CC(=O)N(CCc1ccc(OC)c(OC)c1)Cc1sccc1C)C(=O)Cc1ccc(F)cc1. The molecule has 0 aliphatic rings. The van der Waals surface area contributed by atoms with Gasteiger partial charge in [0.15, 0.2) is 11.5 Å². The molecule has 2 aromatic carbocycles. The van der Waals surface area contributed by atoms with Crippen molar-refractivity contribution in [2.75, 3.05) is 47.6 Å². The average Bonchev–Trinajstić information content (AvgIpc) is 3.33. The van der Waals surface area contributed by atoms with Gasteiger partial charge in [-0.1, -0.05) is 18.2 Å². The summed E-state index contributed by atoms with van der Waals surface area (Å²) in [5.41, 5.74) is 2.82. The lowest BCUT2D eigenvalue weighted by Crippen LogP contribution is -2.45. The minimum atomic E-state index is -0.360. The lowest BCUT2D eigenvalue weighted by atomic mass is 10.1. The second-order valence-corrected chi connectivity index (χ2v) is 9.89. The van der Waals surface area contributed by atoms with Gasteiger partial charge in [0.05, 0.1) is 40.3 Å². The Kier molecular flexibility index (Phi) is 11.1. The monoisotopic (exact) mass is 542 g/mol. The van der Waals surface area contributed by atoms with Crippen LogP contribution in [0.3, 0.4) is 0 Å². The number of aryl methyl sites for hydroxylation is 1. The lowest BCUT2D eigenvalue weighted by molar-refractivity contribution is -0.141. The first kappa shape index (κ1) is 29.1. The predicted octanol–water partition coefficient (Wildman–Crippen LogP) is 4.50. The number of benzene rings is 2. The van der Waals surface area contributed by atoms with E-state index < -0.39 is 0 Å². The van der Waals surface area contributed by atoms with E-state index in [0.29, 0.717) is 43.2 Å². The minimum Gasteiger partial charge on any atom is -0.493 e. The zero-order valence-electron chi connectivity index (χ0n) is 22.4. The molecule has 9 heteroatoms. The molecular formula is C29H35FN2O5S. The van der Waals surface area contributed by atoms with Crippen LogP contribution in [0.15, 0.2) is 53.9 Å². The fraction of sp³-hybridized carbons (Fsp3) is 0.379. The fourth-order valence-corrected chi connectivity index (χ4v) is 4.90. The Hall–Kier alpha value is -3.43. The first-order valence-electron chi connectivity index (χ1n) is 12.4. The largest absolute Gasteiger partial charge is 0.493 e. The van der Waals surface area contributed by atoms with Gasteiger partial charge in [0.25, 0.3) is 0 Å². The molecule has 1 heterocycles. The summed E-state index contributed by atoms with van der Waals surface area (Å²) in [6.07, 6.45) is 0.686. The van der Waals surface area contributed by atoms with Gasteiger partial charge in [-0.3, -0.25) is 9.59 Å². The molecule has 3 rings (SSSR count). The van der Waals surface area contributed by atoms with Crippen LogP contribution in [0.1, 0.15) is 21.6 Å². The Morgan fingerprint density at radius 2 is 1.58 bits per heavy atom. The quantitative estimate of drug-likeness (QED) is 0.300. The van der Waals surface area contributed by atoms with Gasteiger partial charge in [0.2, 0.25) is 11.8 Å². The molecule has 0 aliphatic heterocycles. The van der Waals surface area contributed by atoms with Crippen molar-refractivity contribution < 1.29 is 28.2 Å². The molecule has 0 unspecified atom stereocenters. The van der Waals surface area contributed by atoms with Crippen molar-refractivity contribution in [3.63, 3.8) is 0 Å². The maximum Gasteiger partial charge on any atom is 0.242 e. The first-order valence-corrected chi connectivity index (χ1v) is 13.2. The standard InChI is InChI=1S/C29H35FN2O5S/c1-21-12-16-38-27(21)19-31(13-11-23-7-10-25(36-3)26(17-23)37-4)29(34)20-32(14-15-35-2)28(33)18-22-5-8-24(30)9-6-22/h5-10,12,16-17H,11,13-15,18-20H2,1-4H3. The second kappa shape index (κ2) is 14.5. The number of thiophene rings is 1. The number of hydrogen-bond acceptors (Lipinski definition) is 6. The van der Waals surface area contributed by atoms with E-state index >= 15 is 0 Å². The van der Waals surface area contributed by atoms with Crippen molar-refractivity contribution in [1.82, 2.24) is 9.80 Å². The number of rotatable bonds is 14. The molecule has 0 fully saturated rings. The summed E-state index contributed by atoms with van der Waals surface area (Å²) in [5.74, 6) is 0.554. The Balaban J connectivity index is 1.75. The Morgan fingerprint density at radius 1 is 0.868 bits per heavy atom. The van der Waals surface area contributed by atoms with Crippen LogP contribution in [0.2, 0.25) is 0 Å². The van der Waals surface area contributed by atoms with E-state index in [4.69, 9.17) is 14.2 Å². The Labute approximate surface area is 227 Å². The molecule has 0 bridgehead atoms. The van der Waals surface area contributed by atoms with Crippen LogP contribution in [0, 0.1) is 12.7 Å². The fourth-order valence-electron chi connectivity index (χ4n) is 3.98. The number of halogens is 1. The van der Waals surface area contributed by atoms with Crippen LogP contribution in [0.4, 0.5) is 4.39 Å². The van der Waals surface area contributed by atoms with Crippen molar-refractivity contribution in [2.45, 2.75) is 26.3 Å². The molecule has 3 aromatic rings. The zero-order chi connectivity index (χ0) is 27.5. The highest BCUT2D eigenvalue weighted by Gasteiger charge is 2.23. The number of nitrogens with zero attached hydrogens (tertiary/aromatic N) is 2. The number of hydrogen-bond donors (Lipinski definition) is 0. The third kappa shape index (κ3) is 8.29. The molecular weight excluding hydrogens is 507 g/mol. The normalized spacial score (nSPS) is 10.8. The van der Waals surface area contributed by atoms with Crippen molar-refractivity contribution in [2.24, 2.45) is 0 Å². The van der Waals surface area contributed by atoms with Crippen LogP contribution in [-0.2, 0) is 33.7 Å².